The molecule has 1 amide bonds. The molecule has 4 rings (SSSR count). The Morgan fingerprint density at radius 1 is 1.19 bits per heavy atom. The van der Waals surface area contributed by atoms with Crippen molar-refractivity contribution < 1.29 is 9.53 Å². The number of nitrogens with one attached hydrogen (secondary N) is 1. The number of hydrogen-bond donors (Lipinski definition) is 1. The van der Waals surface area contributed by atoms with Gasteiger partial charge in [0, 0.05) is 12.6 Å². The molecular weight excluding hydrogens is 360 g/mol. The van der Waals surface area contributed by atoms with Gasteiger partial charge in [-0.15, -0.1) is 0 Å². The molecule has 4 aromatic rings. The highest BCUT2D eigenvalue weighted by atomic mass is 32.1. The monoisotopic (exact) mass is 378 g/mol. The minimum Gasteiger partial charge on any atom is -0.497 e. The van der Waals surface area contributed by atoms with Crippen LogP contribution in [0.15, 0.2) is 48.5 Å². The van der Waals surface area contributed by atoms with Crippen LogP contribution in [0.2, 0.25) is 0 Å². The van der Waals surface area contributed by atoms with Crippen molar-refractivity contribution in [3.63, 3.8) is 0 Å². The van der Waals surface area contributed by atoms with Crippen LogP contribution in [0.4, 0.5) is 5.13 Å². The number of aromatic nitrogens is 3. The normalized spacial score (nSPS) is 10.9. The second-order valence-electron chi connectivity index (χ2n) is 6.21. The molecule has 0 saturated heterocycles. The number of methoxy groups -OCH3 is 1. The molecule has 1 N–H and O–H groups in total. The van der Waals surface area contributed by atoms with Crippen LogP contribution in [0, 0.1) is 6.92 Å². The molecule has 2 aromatic heterocycles. The van der Waals surface area contributed by atoms with Crippen molar-refractivity contribution in [3.8, 4) is 17.0 Å². The Hall–Kier alpha value is -3.19. The van der Waals surface area contributed by atoms with Crippen LogP contribution >= 0.6 is 11.3 Å². The number of carbonyl (C=O) groups excluding carboxylic acids is 1. The van der Waals surface area contributed by atoms with Gasteiger partial charge in [0.25, 0.3) is 5.91 Å². The summed E-state index contributed by atoms with van der Waals surface area (Å²) in [6.45, 7) is 2.03. The molecule has 0 bridgehead atoms. The number of anilines is 1. The van der Waals surface area contributed by atoms with Crippen LogP contribution in [-0.2, 0) is 7.05 Å². The largest absolute Gasteiger partial charge is 0.497 e. The lowest BCUT2D eigenvalue weighted by Crippen LogP contribution is -2.15. The summed E-state index contributed by atoms with van der Waals surface area (Å²) in [6, 6.07) is 15.4. The number of fused-ring (bicyclic) bond motifs is 1. The van der Waals surface area contributed by atoms with Gasteiger partial charge in [-0.2, -0.15) is 5.10 Å². The number of rotatable bonds is 4. The molecule has 0 fully saturated rings. The zero-order valence-electron chi connectivity index (χ0n) is 15.2. The van der Waals surface area contributed by atoms with E-state index in [1.54, 1.807) is 24.9 Å². The lowest BCUT2D eigenvalue weighted by molar-refractivity contribution is 0.101. The van der Waals surface area contributed by atoms with Gasteiger partial charge in [0.15, 0.2) is 5.13 Å². The standard InChI is InChI=1S/C20H18N4O2S/c1-12-7-8-15-18(9-12)27-20(21-15)22-19(25)17-11-16(23-24(17)2)13-5-4-6-14(10-13)26-3/h4-11H,1-3H3,(H,21,22,25). The van der Waals surface area contributed by atoms with Crippen molar-refractivity contribution in [2.24, 2.45) is 7.05 Å². The summed E-state index contributed by atoms with van der Waals surface area (Å²) in [5.74, 6) is 0.504. The Labute approximate surface area is 160 Å². The van der Waals surface area contributed by atoms with E-state index >= 15 is 0 Å². The SMILES string of the molecule is COc1cccc(-c2cc(C(=O)Nc3nc4ccc(C)cc4s3)n(C)n2)c1. The first-order chi connectivity index (χ1) is 13.0. The molecule has 0 atom stereocenters. The van der Waals surface area contributed by atoms with Crippen LogP contribution in [0.5, 0.6) is 5.75 Å². The number of amides is 1. The maximum absolute atomic E-state index is 12.7. The molecule has 0 radical (unpaired) electrons. The molecule has 0 aliphatic heterocycles. The smallest absolute Gasteiger partial charge is 0.275 e. The summed E-state index contributed by atoms with van der Waals surface area (Å²) in [6.07, 6.45) is 0. The van der Waals surface area contributed by atoms with Crippen molar-refractivity contribution in [3.05, 3.63) is 59.8 Å². The Morgan fingerprint density at radius 2 is 2.04 bits per heavy atom. The Kier molecular flexibility index (Phi) is 4.37. The zero-order chi connectivity index (χ0) is 19.0. The van der Waals surface area contributed by atoms with Gasteiger partial charge < -0.3 is 4.74 Å². The molecule has 0 spiro atoms. The van der Waals surface area contributed by atoms with Gasteiger partial charge >= 0.3 is 0 Å². The first-order valence-electron chi connectivity index (χ1n) is 8.40. The number of hydrogen-bond acceptors (Lipinski definition) is 5. The van der Waals surface area contributed by atoms with Crippen LogP contribution in [-0.4, -0.2) is 27.8 Å². The zero-order valence-corrected chi connectivity index (χ0v) is 16.0. The maximum atomic E-state index is 12.7. The van der Waals surface area contributed by atoms with Crippen LogP contribution in [0.25, 0.3) is 21.5 Å². The van der Waals surface area contributed by atoms with E-state index in [2.05, 4.69) is 21.5 Å². The molecule has 0 unspecified atom stereocenters. The van der Waals surface area contributed by atoms with E-state index in [1.807, 2.05) is 43.3 Å². The van der Waals surface area contributed by atoms with Crippen molar-refractivity contribution in [1.29, 1.82) is 0 Å². The molecule has 7 heteroatoms. The van der Waals surface area contributed by atoms with Gasteiger partial charge in [-0.25, -0.2) is 4.98 Å². The number of aryl methyl sites for hydroxylation is 2. The molecular formula is C20H18N4O2S. The summed E-state index contributed by atoms with van der Waals surface area (Å²) >= 11 is 1.46. The predicted molar refractivity (Wildman–Crippen MR) is 108 cm³/mol. The fraction of sp³-hybridized carbons (Fsp3) is 0.150. The van der Waals surface area contributed by atoms with E-state index in [-0.39, 0.29) is 5.91 Å². The first-order valence-corrected chi connectivity index (χ1v) is 9.22. The Morgan fingerprint density at radius 3 is 2.85 bits per heavy atom. The number of nitrogens with zero attached hydrogens (tertiary/aromatic N) is 3. The van der Waals surface area contributed by atoms with E-state index in [9.17, 15) is 4.79 Å². The molecule has 0 aliphatic carbocycles. The molecule has 2 heterocycles. The van der Waals surface area contributed by atoms with Crippen molar-refractivity contribution in [1.82, 2.24) is 14.8 Å². The average molecular weight is 378 g/mol. The fourth-order valence-corrected chi connectivity index (χ4v) is 3.81. The van der Waals surface area contributed by atoms with E-state index in [1.165, 1.54) is 16.9 Å². The topological polar surface area (TPSA) is 69.0 Å². The quantitative estimate of drug-likeness (QED) is 0.576. The highest BCUT2D eigenvalue weighted by Crippen LogP contribution is 2.28. The summed E-state index contributed by atoms with van der Waals surface area (Å²) in [5.41, 5.74) is 4.10. The Balaban J connectivity index is 1.60. The number of benzene rings is 2. The molecule has 136 valence electrons. The third-order valence-electron chi connectivity index (χ3n) is 4.24. The minimum absolute atomic E-state index is 0.241. The highest BCUT2D eigenvalue weighted by molar-refractivity contribution is 7.22. The third kappa shape index (κ3) is 3.41. The summed E-state index contributed by atoms with van der Waals surface area (Å²) in [4.78, 5) is 17.2. The summed E-state index contributed by atoms with van der Waals surface area (Å²) < 4.78 is 7.88. The van der Waals surface area contributed by atoms with Crippen LogP contribution < -0.4 is 10.1 Å². The third-order valence-corrected chi connectivity index (χ3v) is 5.18. The average Bonchev–Trinajstić information content (AvgIpc) is 3.24. The van der Waals surface area contributed by atoms with Gasteiger partial charge in [0.05, 0.1) is 23.0 Å². The second kappa shape index (κ2) is 6.85. The van der Waals surface area contributed by atoms with Gasteiger partial charge in [-0.3, -0.25) is 14.8 Å². The second-order valence-corrected chi connectivity index (χ2v) is 7.25. The maximum Gasteiger partial charge on any atom is 0.275 e. The van der Waals surface area contributed by atoms with E-state index < -0.39 is 0 Å². The number of thiazole rings is 1. The molecule has 27 heavy (non-hydrogen) atoms. The van der Waals surface area contributed by atoms with Gasteiger partial charge in [-0.05, 0) is 42.8 Å². The van der Waals surface area contributed by atoms with E-state index in [0.29, 0.717) is 16.5 Å². The molecule has 2 aromatic carbocycles. The van der Waals surface area contributed by atoms with Crippen LogP contribution in [0.1, 0.15) is 16.1 Å². The molecule has 0 aliphatic rings. The molecule has 6 nitrogen and oxygen atoms in total. The van der Waals surface area contributed by atoms with Crippen molar-refractivity contribution in [2.45, 2.75) is 6.92 Å². The van der Waals surface area contributed by atoms with Crippen LogP contribution in [0.3, 0.4) is 0 Å². The first kappa shape index (κ1) is 17.2. The van der Waals surface area contributed by atoms with E-state index in [4.69, 9.17) is 4.74 Å². The lowest BCUT2D eigenvalue weighted by Gasteiger charge is -2.01. The van der Waals surface area contributed by atoms with Crippen molar-refractivity contribution in [2.75, 3.05) is 12.4 Å². The predicted octanol–water partition coefficient (Wildman–Crippen LogP) is 4.27. The van der Waals surface area contributed by atoms with Gasteiger partial charge in [0.1, 0.15) is 11.4 Å². The fourth-order valence-electron chi connectivity index (χ4n) is 2.85. The number of carbonyl (C=O) groups is 1. The summed E-state index contributed by atoms with van der Waals surface area (Å²) in [5, 5.41) is 7.91. The van der Waals surface area contributed by atoms with Gasteiger partial charge in [0.2, 0.25) is 0 Å². The number of ether oxygens (including phenoxy) is 1. The highest BCUT2D eigenvalue weighted by Gasteiger charge is 2.16. The summed E-state index contributed by atoms with van der Waals surface area (Å²) in [7, 11) is 3.37. The minimum atomic E-state index is -0.241. The van der Waals surface area contributed by atoms with E-state index in [0.717, 1.165) is 21.5 Å². The Bertz CT molecular complexity index is 1150. The van der Waals surface area contributed by atoms with Gasteiger partial charge in [-0.1, -0.05) is 29.5 Å². The van der Waals surface area contributed by atoms with Crippen molar-refractivity contribution >= 4 is 32.6 Å². The lowest BCUT2D eigenvalue weighted by atomic mass is 10.1. The molecule has 0 saturated carbocycles.